The molecule has 0 atom stereocenters. The number of ether oxygens (including phenoxy) is 4. The number of esters is 1. The molecule has 0 aliphatic heterocycles. The van der Waals surface area contributed by atoms with E-state index in [4.69, 9.17) is 18.9 Å². The summed E-state index contributed by atoms with van der Waals surface area (Å²) < 4.78 is 24.3. The van der Waals surface area contributed by atoms with E-state index in [-0.39, 0.29) is 47.0 Å². The molecule has 0 aliphatic carbocycles. The Kier molecular flexibility index (Phi) is 10.6. The van der Waals surface area contributed by atoms with E-state index in [0.29, 0.717) is 17.9 Å². The highest BCUT2D eigenvalue weighted by atomic mass is 16.6. The van der Waals surface area contributed by atoms with Crippen molar-refractivity contribution in [3.05, 3.63) is 160 Å². The summed E-state index contributed by atoms with van der Waals surface area (Å²) in [6, 6.07) is 35.2. The average Bonchev–Trinajstić information content (AvgIpc) is 3.08. The van der Waals surface area contributed by atoms with Gasteiger partial charge in [-0.1, -0.05) is 97.1 Å². The first-order valence-corrected chi connectivity index (χ1v) is 15.4. The number of rotatable bonds is 13. The second-order valence-corrected chi connectivity index (χ2v) is 12.0. The third-order valence-electron chi connectivity index (χ3n) is 7.16. The number of aromatic carboxylic acids is 1. The Bertz CT molecular complexity index is 1890. The number of carboxylic acid groups (broad SMARTS) is 1. The third kappa shape index (κ3) is 8.67. The summed E-state index contributed by atoms with van der Waals surface area (Å²) in [5, 5.41) is 9.90. The van der Waals surface area contributed by atoms with Gasteiger partial charge in [0.1, 0.15) is 48.2 Å². The zero-order valence-corrected chi connectivity index (χ0v) is 27.0. The molecule has 0 radical (unpaired) electrons. The van der Waals surface area contributed by atoms with Gasteiger partial charge < -0.3 is 24.1 Å². The van der Waals surface area contributed by atoms with Crippen molar-refractivity contribution in [3.63, 3.8) is 0 Å². The maximum atomic E-state index is 14.3. The van der Waals surface area contributed by atoms with Crippen molar-refractivity contribution in [1.82, 2.24) is 0 Å². The molecule has 244 valence electrons. The molecule has 0 aliphatic rings. The van der Waals surface area contributed by atoms with Crippen LogP contribution in [0.5, 0.6) is 17.2 Å². The lowest BCUT2D eigenvalue weighted by Gasteiger charge is -2.22. The Morgan fingerprint density at radius 1 is 0.583 bits per heavy atom. The van der Waals surface area contributed by atoms with E-state index in [2.05, 4.69) is 0 Å². The molecule has 48 heavy (non-hydrogen) atoms. The van der Waals surface area contributed by atoms with Crippen molar-refractivity contribution in [2.45, 2.75) is 46.2 Å². The predicted molar refractivity (Wildman–Crippen MR) is 181 cm³/mol. The maximum Gasteiger partial charge on any atom is 0.338 e. The summed E-state index contributed by atoms with van der Waals surface area (Å²) in [5.74, 6) is -1.92. The quantitative estimate of drug-likeness (QED) is 0.101. The number of carbonyl (C=O) groups is 3. The normalized spacial score (nSPS) is 11.0. The monoisotopic (exact) mass is 644 g/mol. The van der Waals surface area contributed by atoms with E-state index < -0.39 is 23.3 Å². The molecule has 0 heterocycles. The van der Waals surface area contributed by atoms with Crippen molar-refractivity contribution in [2.75, 3.05) is 0 Å². The Balaban J connectivity index is 1.58. The largest absolute Gasteiger partial charge is 0.488 e. The fourth-order valence-electron chi connectivity index (χ4n) is 4.89. The molecule has 0 amide bonds. The highest BCUT2D eigenvalue weighted by molar-refractivity contribution is 6.17. The van der Waals surface area contributed by atoms with E-state index in [1.54, 1.807) is 32.9 Å². The molecule has 5 rings (SSSR count). The molecule has 8 heteroatoms. The van der Waals surface area contributed by atoms with Gasteiger partial charge in [-0.2, -0.15) is 0 Å². The zero-order chi connectivity index (χ0) is 34.1. The van der Waals surface area contributed by atoms with Crippen LogP contribution < -0.4 is 14.2 Å². The molecule has 0 fully saturated rings. The van der Waals surface area contributed by atoms with Gasteiger partial charge in [0, 0.05) is 11.1 Å². The van der Waals surface area contributed by atoms with Gasteiger partial charge in [0.15, 0.2) is 0 Å². The molecule has 5 aromatic carbocycles. The highest BCUT2D eigenvalue weighted by Crippen LogP contribution is 2.36. The highest BCUT2D eigenvalue weighted by Gasteiger charge is 2.28. The molecule has 0 unspecified atom stereocenters. The van der Waals surface area contributed by atoms with E-state index in [1.807, 2.05) is 84.9 Å². The number of hydrogen-bond acceptors (Lipinski definition) is 7. The van der Waals surface area contributed by atoms with Crippen molar-refractivity contribution in [2.24, 2.45) is 0 Å². The van der Waals surface area contributed by atoms with Gasteiger partial charge in [-0.05, 0) is 56.2 Å². The molecule has 0 bridgehead atoms. The minimum atomic E-state index is -1.26. The van der Waals surface area contributed by atoms with Crippen LogP contribution in [0.15, 0.2) is 121 Å². The summed E-state index contributed by atoms with van der Waals surface area (Å²) in [6.07, 6.45) is 0. The van der Waals surface area contributed by atoms with Crippen LogP contribution >= 0.6 is 0 Å². The number of hydrogen-bond donors (Lipinski definition) is 1. The van der Waals surface area contributed by atoms with Gasteiger partial charge in [0.25, 0.3) is 0 Å². The van der Waals surface area contributed by atoms with Crippen LogP contribution in [0.4, 0.5) is 0 Å². The molecule has 0 saturated heterocycles. The molecule has 0 aromatic heterocycles. The standard InChI is InChI=1S/C40H36O8/c1-40(2,3)48-39(44)30-22-34(46-25-28-16-8-5-9-17-28)36(37(41)31-19-11-12-20-32(31)38(42)43)35(23-30)47-26-29-18-10-13-21-33(29)45-24-27-14-6-4-7-15-27/h4-23H,24-26H2,1-3H3,(H,42,43). The Labute approximate surface area is 279 Å². The average molecular weight is 645 g/mol. The summed E-state index contributed by atoms with van der Waals surface area (Å²) in [4.78, 5) is 39.8. The van der Waals surface area contributed by atoms with Gasteiger partial charge in [-0.25, -0.2) is 9.59 Å². The molecular formula is C40H36O8. The van der Waals surface area contributed by atoms with Crippen LogP contribution in [0.3, 0.4) is 0 Å². The van der Waals surface area contributed by atoms with Crippen molar-refractivity contribution in [1.29, 1.82) is 0 Å². The summed E-state index contributed by atoms with van der Waals surface area (Å²) in [5.41, 5.74) is 1.52. The molecule has 8 nitrogen and oxygen atoms in total. The SMILES string of the molecule is CC(C)(C)OC(=O)c1cc(OCc2ccccc2)c(C(=O)c2ccccc2C(=O)O)c(OCc2ccccc2OCc2ccccc2)c1. The lowest BCUT2D eigenvalue weighted by atomic mass is 9.95. The summed E-state index contributed by atoms with van der Waals surface area (Å²) in [6.45, 7) is 5.61. The summed E-state index contributed by atoms with van der Waals surface area (Å²) >= 11 is 0. The second kappa shape index (κ2) is 15.1. The lowest BCUT2D eigenvalue weighted by Crippen LogP contribution is -2.24. The lowest BCUT2D eigenvalue weighted by molar-refractivity contribution is 0.00681. The summed E-state index contributed by atoms with van der Waals surface area (Å²) in [7, 11) is 0. The van der Waals surface area contributed by atoms with Gasteiger partial charge >= 0.3 is 11.9 Å². The van der Waals surface area contributed by atoms with Gasteiger partial charge in [-0.3, -0.25) is 4.79 Å². The van der Waals surface area contributed by atoms with E-state index in [1.165, 1.54) is 24.3 Å². The van der Waals surface area contributed by atoms with Crippen molar-refractivity contribution >= 4 is 17.7 Å². The first-order chi connectivity index (χ1) is 23.1. The van der Waals surface area contributed by atoms with Crippen molar-refractivity contribution in [3.8, 4) is 17.2 Å². The van der Waals surface area contributed by atoms with Crippen LogP contribution in [-0.4, -0.2) is 28.4 Å². The minimum absolute atomic E-state index is 0.0180. The molecular weight excluding hydrogens is 608 g/mol. The van der Waals surface area contributed by atoms with Crippen LogP contribution in [0.25, 0.3) is 0 Å². The second-order valence-electron chi connectivity index (χ2n) is 12.0. The van der Waals surface area contributed by atoms with Crippen LogP contribution in [0, 0.1) is 0 Å². The van der Waals surface area contributed by atoms with E-state index in [0.717, 1.165) is 11.1 Å². The fourth-order valence-corrected chi connectivity index (χ4v) is 4.89. The molecule has 0 spiro atoms. The van der Waals surface area contributed by atoms with Crippen LogP contribution in [-0.2, 0) is 24.6 Å². The Morgan fingerprint density at radius 3 is 1.62 bits per heavy atom. The smallest absolute Gasteiger partial charge is 0.338 e. The predicted octanol–water partition coefficient (Wildman–Crippen LogP) is 8.31. The van der Waals surface area contributed by atoms with Crippen LogP contribution in [0.2, 0.25) is 0 Å². The molecule has 0 saturated carbocycles. The van der Waals surface area contributed by atoms with Gasteiger partial charge in [-0.15, -0.1) is 0 Å². The maximum absolute atomic E-state index is 14.3. The van der Waals surface area contributed by atoms with Crippen LogP contribution in [0.1, 0.15) is 74.1 Å². The number of ketones is 1. The van der Waals surface area contributed by atoms with E-state index >= 15 is 0 Å². The van der Waals surface area contributed by atoms with E-state index in [9.17, 15) is 19.5 Å². The third-order valence-corrected chi connectivity index (χ3v) is 7.16. The van der Waals surface area contributed by atoms with Crippen molar-refractivity contribution < 1.29 is 38.4 Å². The fraction of sp³-hybridized carbons (Fsp3) is 0.175. The zero-order valence-electron chi connectivity index (χ0n) is 27.0. The molecule has 5 aromatic rings. The number of carbonyl (C=O) groups excluding carboxylic acids is 2. The number of benzene rings is 5. The Morgan fingerprint density at radius 2 is 1.06 bits per heavy atom. The Hall–Kier alpha value is -5.89. The first kappa shape index (κ1) is 33.5. The first-order valence-electron chi connectivity index (χ1n) is 15.4. The van der Waals surface area contributed by atoms with Gasteiger partial charge in [0.05, 0.1) is 11.1 Å². The number of para-hydroxylation sites is 1. The number of carboxylic acids is 1. The minimum Gasteiger partial charge on any atom is -0.488 e. The van der Waals surface area contributed by atoms with Gasteiger partial charge in [0.2, 0.25) is 5.78 Å². The molecule has 1 N–H and O–H groups in total. The topological polar surface area (TPSA) is 108 Å².